The number of Topliss-reactive ketones (excluding diaryl/α,β-unsaturated/α-hetero) is 1. The molecule has 0 radical (unpaired) electrons. The summed E-state index contributed by atoms with van der Waals surface area (Å²) in [6.07, 6.45) is 6.19. The lowest BCUT2D eigenvalue weighted by molar-refractivity contribution is -0.152. The Morgan fingerprint density at radius 2 is 1.83 bits per heavy atom. The molecule has 2 fully saturated rings. The number of amides is 1. The van der Waals surface area contributed by atoms with Gasteiger partial charge in [-0.3, -0.25) is 20.1 Å². The fourth-order valence-electron chi connectivity index (χ4n) is 4.08. The minimum atomic E-state index is -0.701. The van der Waals surface area contributed by atoms with Gasteiger partial charge in [0.05, 0.1) is 5.92 Å². The van der Waals surface area contributed by atoms with E-state index in [1.165, 1.54) is 26.2 Å². The third-order valence-corrected chi connectivity index (χ3v) is 5.37. The number of hydrogen-bond acceptors (Lipinski definition) is 5. The van der Waals surface area contributed by atoms with Crippen LogP contribution in [0.25, 0.3) is 0 Å². The minimum absolute atomic E-state index is 0.000137. The van der Waals surface area contributed by atoms with Crippen LogP contribution in [-0.4, -0.2) is 41.9 Å². The Hall–Kier alpha value is -1.43. The van der Waals surface area contributed by atoms with Crippen molar-refractivity contribution in [3.8, 4) is 0 Å². The van der Waals surface area contributed by atoms with Gasteiger partial charge in [0.2, 0.25) is 5.91 Å². The molecule has 1 amide bonds. The summed E-state index contributed by atoms with van der Waals surface area (Å²) >= 11 is 0. The number of carbonyl (C=O) groups excluding carboxylic acids is 3. The molecule has 1 saturated heterocycles. The van der Waals surface area contributed by atoms with Crippen molar-refractivity contribution < 1.29 is 19.1 Å². The largest absolute Gasteiger partial charge is 0.450 e. The number of ether oxygens (including phenoxy) is 1. The van der Waals surface area contributed by atoms with Crippen molar-refractivity contribution in [3.05, 3.63) is 0 Å². The van der Waals surface area contributed by atoms with Crippen LogP contribution in [0.15, 0.2) is 0 Å². The number of hydrogen-bond donors (Lipinski definition) is 1. The number of likely N-dealkylation sites (tertiary alicyclic amines) is 1. The van der Waals surface area contributed by atoms with Crippen molar-refractivity contribution in [1.82, 2.24) is 4.90 Å². The van der Waals surface area contributed by atoms with E-state index >= 15 is 0 Å². The average Bonchev–Trinajstić information content (AvgIpc) is 2.99. The smallest absolute Gasteiger partial charge is 0.312 e. The normalized spacial score (nSPS) is 26.8. The van der Waals surface area contributed by atoms with Gasteiger partial charge < -0.3 is 9.64 Å². The van der Waals surface area contributed by atoms with E-state index in [2.05, 4.69) is 0 Å². The van der Waals surface area contributed by atoms with Gasteiger partial charge >= 0.3 is 5.97 Å². The van der Waals surface area contributed by atoms with Gasteiger partial charge in [-0.25, -0.2) is 0 Å². The van der Waals surface area contributed by atoms with Gasteiger partial charge in [0, 0.05) is 12.5 Å². The zero-order valence-electron chi connectivity index (χ0n) is 14.1. The number of nitrogens with two attached hydrogens (primary N) is 1. The second-order valence-corrected chi connectivity index (χ2v) is 6.80. The molecule has 0 aromatic carbocycles. The molecule has 6 heteroatoms. The Labute approximate surface area is 137 Å². The van der Waals surface area contributed by atoms with Gasteiger partial charge in [-0.15, -0.1) is 0 Å². The van der Waals surface area contributed by atoms with E-state index in [1.807, 2.05) is 6.92 Å². The van der Waals surface area contributed by atoms with Gasteiger partial charge in [0.15, 0.2) is 5.78 Å². The van der Waals surface area contributed by atoms with Gasteiger partial charge in [-0.05, 0) is 32.1 Å². The summed E-state index contributed by atoms with van der Waals surface area (Å²) in [7, 11) is 0. The molecule has 1 aliphatic carbocycles. The van der Waals surface area contributed by atoms with E-state index in [0.717, 1.165) is 12.8 Å². The first-order valence-corrected chi connectivity index (χ1v) is 8.65. The lowest BCUT2D eigenvalue weighted by Crippen LogP contribution is -2.47. The molecule has 0 spiro atoms. The van der Waals surface area contributed by atoms with Gasteiger partial charge in [-0.1, -0.05) is 26.2 Å². The Balaban J connectivity index is 2.09. The number of nitrogens with zero attached hydrogens (tertiary/aromatic N) is 1. The van der Waals surface area contributed by atoms with Crippen molar-refractivity contribution in [1.29, 1.82) is 0 Å². The van der Waals surface area contributed by atoms with Crippen molar-refractivity contribution in [2.45, 2.75) is 58.4 Å². The van der Waals surface area contributed by atoms with Crippen LogP contribution in [0.4, 0.5) is 0 Å². The highest BCUT2D eigenvalue weighted by atomic mass is 16.5. The number of carbonyl (C=O) groups is 3. The highest BCUT2D eigenvalue weighted by molar-refractivity contribution is 5.93. The lowest BCUT2D eigenvalue weighted by atomic mass is 9.80. The summed E-state index contributed by atoms with van der Waals surface area (Å²) in [5, 5.41) is 0. The predicted octanol–water partition coefficient (Wildman–Crippen LogP) is 1.47. The Morgan fingerprint density at radius 3 is 2.39 bits per heavy atom. The van der Waals surface area contributed by atoms with E-state index in [1.54, 1.807) is 4.90 Å². The van der Waals surface area contributed by atoms with Crippen LogP contribution in [-0.2, 0) is 19.1 Å². The highest BCUT2D eigenvalue weighted by Crippen LogP contribution is 2.34. The van der Waals surface area contributed by atoms with E-state index < -0.39 is 17.9 Å². The first-order valence-electron chi connectivity index (χ1n) is 8.65. The number of rotatable bonds is 5. The molecule has 3 atom stereocenters. The molecule has 6 nitrogen and oxygen atoms in total. The molecule has 1 saturated carbocycles. The zero-order valence-corrected chi connectivity index (χ0v) is 14.1. The Morgan fingerprint density at radius 1 is 1.17 bits per heavy atom. The summed E-state index contributed by atoms with van der Waals surface area (Å²) in [6, 6.07) is -0.701. The maximum Gasteiger partial charge on any atom is 0.312 e. The average molecular weight is 324 g/mol. The fourth-order valence-corrected chi connectivity index (χ4v) is 4.08. The maximum absolute atomic E-state index is 12.9. The SMILES string of the molecule is CC(=O)[C@@H]1[C@@H](C(=O)OCN)CCN1C(=O)[C@@H](C)C1CCCCC1. The molecular formula is C17H28N2O4. The van der Waals surface area contributed by atoms with Gasteiger partial charge in [-0.2, -0.15) is 0 Å². The molecule has 0 bridgehead atoms. The van der Waals surface area contributed by atoms with Crippen LogP contribution >= 0.6 is 0 Å². The molecule has 2 N–H and O–H groups in total. The first kappa shape index (κ1) is 17.9. The predicted molar refractivity (Wildman–Crippen MR) is 85.2 cm³/mol. The first-order chi connectivity index (χ1) is 11.0. The summed E-state index contributed by atoms with van der Waals surface area (Å²) in [4.78, 5) is 38.5. The monoisotopic (exact) mass is 324 g/mol. The molecule has 23 heavy (non-hydrogen) atoms. The molecule has 0 aromatic rings. The van der Waals surface area contributed by atoms with Crippen LogP contribution in [0.5, 0.6) is 0 Å². The van der Waals surface area contributed by atoms with Crippen molar-refractivity contribution in [2.24, 2.45) is 23.5 Å². The molecule has 1 aliphatic heterocycles. The highest BCUT2D eigenvalue weighted by Gasteiger charge is 2.46. The lowest BCUT2D eigenvalue weighted by Gasteiger charge is -2.32. The van der Waals surface area contributed by atoms with E-state index in [4.69, 9.17) is 10.5 Å². The molecule has 130 valence electrons. The Kier molecular flexibility index (Phi) is 6.16. The molecule has 0 aromatic heterocycles. The zero-order chi connectivity index (χ0) is 17.0. The molecule has 1 heterocycles. The fraction of sp³-hybridized carbons (Fsp3) is 0.824. The van der Waals surface area contributed by atoms with Crippen molar-refractivity contribution in [2.75, 3.05) is 13.3 Å². The third kappa shape index (κ3) is 3.91. The van der Waals surface area contributed by atoms with Crippen LogP contribution in [0.1, 0.15) is 52.4 Å². The molecule has 2 aliphatic rings. The van der Waals surface area contributed by atoms with Crippen LogP contribution < -0.4 is 5.73 Å². The standard InChI is InChI=1S/C17H28N2O4/c1-11(13-6-4-3-5-7-13)16(21)19-9-8-14(15(19)12(2)20)17(22)23-10-18/h11,13-15H,3-10,18H2,1-2H3/t11-,14-,15+/m0/s1. The van der Waals surface area contributed by atoms with Crippen LogP contribution in [0.3, 0.4) is 0 Å². The maximum atomic E-state index is 12.9. The van der Waals surface area contributed by atoms with Crippen molar-refractivity contribution in [3.63, 3.8) is 0 Å². The second kappa shape index (κ2) is 7.90. The molecule has 2 rings (SSSR count). The van der Waals surface area contributed by atoms with Gasteiger partial charge in [0.25, 0.3) is 0 Å². The van der Waals surface area contributed by atoms with E-state index in [-0.39, 0.29) is 24.3 Å². The minimum Gasteiger partial charge on any atom is -0.450 e. The number of ketones is 1. The summed E-state index contributed by atoms with van der Waals surface area (Å²) < 4.78 is 4.86. The topological polar surface area (TPSA) is 89.7 Å². The van der Waals surface area contributed by atoms with Crippen LogP contribution in [0, 0.1) is 17.8 Å². The van der Waals surface area contributed by atoms with Crippen molar-refractivity contribution >= 4 is 17.7 Å². The summed E-state index contributed by atoms with van der Waals surface area (Å²) in [6.45, 7) is 3.63. The summed E-state index contributed by atoms with van der Waals surface area (Å²) in [5.41, 5.74) is 5.25. The van der Waals surface area contributed by atoms with Crippen LogP contribution in [0.2, 0.25) is 0 Å². The summed E-state index contributed by atoms with van der Waals surface area (Å²) in [5.74, 6) is -0.932. The van der Waals surface area contributed by atoms with E-state index in [9.17, 15) is 14.4 Å². The third-order valence-electron chi connectivity index (χ3n) is 5.37. The van der Waals surface area contributed by atoms with E-state index in [0.29, 0.717) is 18.9 Å². The van der Waals surface area contributed by atoms with Gasteiger partial charge in [0.1, 0.15) is 12.8 Å². The second-order valence-electron chi connectivity index (χ2n) is 6.80. The molecular weight excluding hydrogens is 296 g/mol. The number of esters is 1. The quantitative estimate of drug-likeness (QED) is 0.611. The Bertz CT molecular complexity index is 460. The molecule has 0 unspecified atom stereocenters.